The number of esters is 1. The summed E-state index contributed by atoms with van der Waals surface area (Å²) in [4.78, 5) is 38.0. The molecule has 1 unspecified atom stereocenters. The number of imide groups is 1. The van der Waals surface area contributed by atoms with E-state index in [0.29, 0.717) is 19.3 Å². The van der Waals surface area contributed by atoms with Crippen LogP contribution in [-0.2, 0) is 19.1 Å². The fourth-order valence-corrected chi connectivity index (χ4v) is 4.37. The fraction of sp³-hybridized carbons (Fsp3) is 0.786. The largest absolute Gasteiger partial charge is 0.469 e. The topological polar surface area (TPSA) is 63.7 Å². The number of carbonyl (C=O) groups excluding carboxylic acids is 3. The molecule has 19 heavy (non-hydrogen) atoms. The standard InChI is InChI=1S/C14H21NO4/c1-12-6-13(2,10(17)15(4)9(12)16)8-14(3,7-12)11(18)19-5/h6-8H2,1-5H3/t12-,13+,14?. The van der Waals surface area contributed by atoms with Gasteiger partial charge < -0.3 is 4.74 Å². The SMILES string of the molecule is COC(=O)C1(C)C[C@@]2(C)C[C@@](C)(C1)C(=O)N(C)C2=O. The summed E-state index contributed by atoms with van der Waals surface area (Å²) in [5.41, 5.74) is -2.11. The third-order valence-corrected chi connectivity index (χ3v) is 4.66. The molecular formula is C14H21NO4. The number of likely N-dealkylation sites (tertiary alicyclic amines) is 1. The Morgan fingerprint density at radius 1 is 1.05 bits per heavy atom. The average Bonchev–Trinajstić information content (AvgIpc) is 2.32. The Labute approximate surface area is 113 Å². The first-order chi connectivity index (χ1) is 8.58. The highest BCUT2D eigenvalue weighted by molar-refractivity contribution is 6.04. The van der Waals surface area contributed by atoms with Crippen LogP contribution in [0.5, 0.6) is 0 Å². The van der Waals surface area contributed by atoms with Crippen LogP contribution in [-0.4, -0.2) is 36.8 Å². The first-order valence-electron chi connectivity index (χ1n) is 6.49. The second-order valence-corrected chi connectivity index (χ2v) is 6.87. The van der Waals surface area contributed by atoms with Gasteiger partial charge in [-0.25, -0.2) is 0 Å². The van der Waals surface area contributed by atoms with Gasteiger partial charge >= 0.3 is 5.97 Å². The third kappa shape index (κ3) is 1.78. The zero-order chi connectivity index (χ0) is 14.6. The lowest BCUT2D eigenvalue weighted by Crippen LogP contribution is -2.63. The predicted molar refractivity (Wildman–Crippen MR) is 68.0 cm³/mol. The number of nitrogens with zero attached hydrogens (tertiary/aromatic N) is 1. The van der Waals surface area contributed by atoms with Crippen molar-refractivity contribution in [3.05, 3.63) is 0 Å². The van der Waals surface area contributed by atoms with E-state index in [0.717, 1.165) is 0 Å². The van der Waals surface area contributed by atoms with Crippen LogP contribution < -0.4 is 0 Å². The van der Waals surface area contributed by atoms with Gasteiger partial charge in [0.1, 0.15) is 0 Å². The number of amides is 2. The van der Waals surface area contributed by atoms with E-state index < -0.39 is 16.2 Å². The summed E-state index contributed by atoms with van der Waals surface area (Å²) in [5.74, 6) is -0.718. The van der Waals surface area contributed by atoms with Crippen molar-refractivity contribution in [1.29, 1.82) is 0 Å². The van der Waals surface area contributed by atoms with E-state index >= 15 is 0 Å². The summed E-state index contributed by atoms with van der Waals surface area (Å²) >= 11 is 0. The minimum Gasteiger partial charge on any atom is -0.469 e. The monoisotopic (exact) mass is 267 g/mol. The second kappa shape index (κ2) is 3.81. The number of fused-ring (bicyclic) bond motifs is 2. The van der Waals surface area contributed by atoms with Crippen LogP contribution in [0, 0.1) is 16.2 Å². The number of methoxy groups -OCH3 is 1. The molecule has 3 atom stereocenters. The van der Waals surface area contributed by atoms with Gasteiger partial charge in [-0.05, 0) is 26.2 Å². The Morgan fingerprint density at radius 3 is 1.84 bits per heavy atom. The first kappa shape index (κ1) is 14.0. The number of rotatable bonds is 1. The maximum Gasteiger partial charge on any atom is 0.311 e. The van der Waals surface area contributed by atoms with Crippen LogP contribution in [0.4, 0.5) is 0 Å². The molecule has 0 aromatic carbocycles. The van der Waals surface area contributed by atoms with Gasteiger partial charge in [0.2, 0.25) is 11.8 Å². The van der Waals surface area contributed by atoms with Crippen LogP contribution in [0.3, 0.4) is 0 Å². The maximum atomic E-state index is 12.4. The molecule has 0 N–H and O–H groups in total. The van der Waals surface area contributed by atoms with E-state index in [9.17, 15) is 14.4 Å². The van der Waals surface area contributed by atoms with Crippen LogP contribution in [0.25, 0.3) is 0 Å². The molecule has 106 valence electrons. The lowest BCUT2D eigenvalue weighted by molar-refractivity contribution is -0.183. The highest BCUT2D eigenvalue weighted by atomic mass is 16.5. The molecule has 2 fully saturated rings. The Bertz CT molecular complexity index is 438. The van der Waals surface area contributed by atoms with E-state index in [-0.39, 0.29) is 17.8 Å². The van der Waals surface area contributed by atoms with Crippen LogP contribution in [0.1, 0.15) is 40.0 Å². The molecule has 2 bridgehead atoms. The summed E-state index contributed by atoms with van der Waals surface area (Å²) < 4.78 is 4.87. The smallest absolute Gasteiger partial charge is 0.311 e. The molecule has 1 aliphatic heterocycles. The van der Waals surface area contributed by atoms with Crippen molar-refractivity contribution in [3.8, 4) is 0 Å². The molecule has 1 aliphatic carbocycles. The van der Waals surface area contributed by atoms with Crippen molar-refractivity contribution in [2.45, 2.75) is 40.0 Å². The molecule has 0 radical (unpaired) electrons. The van der Waals surface area contributed by atoms with Crippen molar-refractivity contribution in [1.82, 2.24) is 4.90 Å². The number of piperidine rings is 1. The molecule has 5 heteroatoms. The first-order valence-corrected chi connectivity index (χ1v) is 6.49. The zero-order valence-electron chi connectivity index (χ0n) is 12.2. The highest BCUT2D eigenvalue weighted by Crippen LogP contribution is 2.58. The number of hydrogen-bond donors (Lipinski definition) is 0. The van der Waals surface area contributed by atoms with Crippen molar-refractivity contribution < 1.29 is 19.1 Å². The second-order valence-electron chi connectivity index (χ2n) is 6.87. The molecule has 1 saturated heterocycles. The van der Waals surface area contributed by atoms with E-state index in [4.69, 9.17) is 4.74 Å². The molecule has 0 aromatic heterocycles. The highest BCUT2D eigenvalue weighted by Gasteiger charge is 2.62. The van der Waals surface area contributed by atoms with Gasteiger partial charge in [-0.2, -0.15) is 0 Å². The van der Waals surface area contributed by atoms with Crippen LogP contribution in [0.15, 0.2) is 0 Å². The summed E-state index contributed by atoms with van der Waals surface area (Å²) in [7, 11) is 2.87. The van der Waals surface area contributed by atoms with E-state index in [1.165, 1.54) is 19.1 Å². The minimum absolute atomic E-state index is 0.190. The lowest BCUT2D eigenvalue weighted by atomic mass is 9.52. The molecule has 2 amide bonds. The van der Waals surface area contributed by atoms with Crippen molar-refractivity contribution >= 4 is 17.8 Å². The maximum absolute atomic E-state index is 12.4. The fourth-order valence-electron chi connectivity index (χ4n) is 4.37. The van der Waals surface area contributed by atoms with E-state index in [1.54, 1.807) is 6.92 Å². The molecule has 0 spiro atoms. The van der Waals surface area contributed by atoms with Gasteiger partial charge in [0.15, 0.2) is 0 Å². The molecular weight excluding hydrogens is 246 g/mol. The average molecular weight is 267 g/mol. The molecule has 1 heterocycles. The summed E-state index contributed by atoms with van der Waals surface area (Å²) in [6.07, 6.45) is 1.37. The summed E-state index contributed by atoms with van der Waals surface area (Å²) in [6, 6.07) is 0. The Kier molecular flexibility index (Phi) is 2.81. The van der Waals surface area contributed by atoms with Gasteiger partial charge in [0, 0.05) is 17.9 Å². The normalized spacial score (nSPS) is 42.3. The quantitative estimate of drug-likeness (QED) is 0.531. The van der Waals surface area contributed by atoms with Crippen LogP contribution in [0.2, 0.25) is 0 Å². The molecule has 1 saturated carbocycles. The van der Waals surface area contributed by atoms with E-state index in [1.807, 2.05) is 13.8 Å². The molecule has 0 aromatic rings. The van der Waals surface area contributed by atoms with Gasteiger partial charge in [-0.15, -0.1) is 0 Å². The molecule has 5 nitrogen and oxygen atoms in total. The van der Waals surface area contributed by atoms with Crippen molar-refractivity contribution in [3.63, 3.8) is 0 Å². The van der Waals surface area contributed by atoms with Gasteiger partial charge in [0.05, 0.1) is 12.5 Å². The Morgan fingerprint density at radius 2 is 1.47 bits per heavy atom. The molecule has 2 aliphatic rings. The number of carbonyl (C=O) groups is 3. The van der Waals surface area contributed by atoms with Crippen molar-refractivity contribution in [2.75, 3.05) is 14.2 Å². The number of hydrogen-bond acceptors (Lipinski definition) is 4. The van der Waals surface area contributed by atoms with Crippen LogP contribution >= 0.6 is 0 Å². The van der Waals surface area contributed by atoms with Gasteiger partial charge in [-0.3, -0.25) is 19.3 Å². The molecule has 2 rings (SSSR count). The van der Waals surface area contributed by atoms with Gasteiger partial charge in [0.25, 0.3) is 0 Å². The Hall–Kier alpha value is -1.39. The Balaban J connectivity index is 2.50. The zero-order valence-corrected chi connectivity index (χ0v) is 12.2. The summed E-state index contributed by atoms with van der Waals surface area (Å²) in [5, 5.41) is 0. The minimum atomic E-state index is -0.775. The van der Waals surface area contributed by atoms with Gasteiger partial charge in [-0.1, -0.05) is 13.8 Å². The van der Waals surface area contributed by atoms with E-state index in [2.05, 4.69) is 0 Å². The predicted octanol–water partition coefficient (Wildman–Crippen LogP) is 1.36. The third-order valence-electron chi connectivity index (χ3n) is 4.66. The number of ether oxygens (including phenoxy) is 1. The lowest BCUT2D eigenvalue weighted by Gasteiger charge is -2.55. The van der Waals surface area contributed by atoms with Crippen molar-refractivity contribution in [2.24, 2.45) is 16.2 Å². The summed E-state index contributed by atoms with van der Waals surface area (Å²) in [6.45, 7) is 5.48.